The zero-order chi connectivity index (χ0) is 49.4. The van der Waals surface area contributed by atoms with Crippen LogP contribution in [0.2, 0.25) is 0 Å². The average molecular weight is 957 g/mol. The van der Waals surface area contributed by atoms with Crippen molar-refractivity contribution in [3.8, 4) is 0 Å². The largest absolute Gasteiger partial charge is 0.480 e. The van der Waals surface area contributed by atoms with Crippen LogP contribution in [0.1, 0.15) is 77.7 Å². The highest BCUT2D eigenvalue weighted by Gasteiger charge is 2.41. The highest BCUT2D eigenvalue weighted by Crippen LogP contribution is 2.23. The number of carboxylic acid groups (broad SMARTS) is 1. The maximum Gasteiger partial charge on any atom is 0.326 e. The molecule has 370 valence electrons. The van der Waals surface area contributed by atoms with E-state index in [-0.39, 0.29) is 50.6 Å². The molecule has 2 fully saturated rings. The van der Waals surface area contributed by atoms with Crippen molar-refractivity contribution in [1.29, 1.82) is 0 Å². The number of H-pyrrole nitrogens is 1. The predicted molar refractivity (Wildman–Crippen MR) is 252 cm³/mol. The Labute approximate surface area is 394 Å². The average Bonchev–Trinajstić information content (AvgIpc) is 4.10. The molecule has 3 heterocycles. The van der Waals surface area contributed by atoms with Crippen molar-refractivity contribution in [3.05, 3.63) is 36.0 Å². The van der Waals surface area contributed by atoms with Crippen molar-refractivity contribution in [2.24, 2.45) is 28.1 Å². The Morgan fingerprint density at radius 1 is 0.836 bits per heavy atom. The van der Waals surface area contributed by atoms with Gasteiger partial charge in [-0.25, -0.2) is 4.79 Å². The van der Waals surface area contributed by atoms with Crippen molar-refractivity contribution in [2.75, 3.05) is 38.2 Å². The molecule has 7 amide bonds. The Kier molecular flexibility index (Phi) is 20.7. The molecule has 2 aliphatic heterocycles. The second-order valence-corrected chi connectivity index (χ2v) is 18.1. The lowest BCUT2D eigenvalue weighted by Crippen LogP contribution is -2.60. The van der Waals surface area contributed by atoms with E-state index in [2.05, 4.69) is 36.6 Å². The number of aliphatic hydroxyl groups is 1. The maximum absolute atomic E-state index is 14.3. The van der Waals surface area contributed by atoms with Gasteiger partial charge in [0.15, 0.2) is 5.96 Å². The number of carboxylic acids is 1. The van der Waals surface area contributed by atoms with Gasteiger partial charge < -0.3 is 68.8 Å². The zero-order valence-electron chi connectivity index (χ0n) is 38.6. The van der Waals surface area contributed by atoms with E-state index in [0.29, 0.717) is 50.0 Å². The zero-order valence-corrected chi connectivity index (χ0v) is 39.4. The summed E-state index contributed by atoms with van der Waals surface area (Å²) in [5.74, 6) is -5.87. The number of hydrogen-bond acceptors (Lipinski definition) is 12. The summed E-state index contributed by atoms with van der Waals surface area (Å²) in [5.41, 5.74) is 18.3. The van der Waals surface area contributed by atoms with E-state index in [1.807, 2.05) is 30.5 Å². The van der Waals surface area contributed by atoms with Crippen LogP contribution >= 0.6 is 11.8 Å². The van der Waals surface area contributed by atoms with Crippen molar-refractivity contribution in [1.82, 2.24) is 41.4 Å². The Balaban J connectivity index is 1.47. The molecule has 0 radical (unpaired) electrons. The summed E-state index contributed by atoms with van der Waals surface area (Å²) in [6, 6.07) is -1.84. The molecule has 0 spiro atoms. The smallest absolute Gasteiger partial charge is 0.326 e. The van der Waals surface area contributed by atoms with E-state index in [1.165, 1.54) is 16.7 Å². The van der Waals surface area contributed by atoms with Gasteiger partial charge >= 0.3 is 5.97 Å². The standard InChI is InChI=1S/C44H68N12O10S/c1-5-24(2)35(40(62)51-30(43(65)66)13-8-17-48-44(46)47)54-36(58)31(21-26-22-49-29-12-7-6-11-27(26)29)52-38(60)33-14-9-18-55(33)41(63)25(3)50-37(59)32(23-57)53-39(61)34-15-10-19-56(34)42(64)28(45)16-20-67-4/h6-7,11-12,22,24-25,28,30-35,49,57H,5,8-10,13-21,23,45H2,1-4H3,(H,50,59)(H,51,62)(H,52,60)(H,53,61)(H,54,58)(H,65,66)(H4,46,47,48)/t24-,25-,28-,30-,31-,32-,33+,34-,35-/m1/s1. The topological polar surface area (TPSA) is 350 Å². The quantitative estimate of drug-likeness (QED) is 0.0303. The number of carbonyl (C=O) groups excluding carboxylic acids is 7. The molecule has 22 nitrogen and oxygen atoms in total. The molecule has 4 rings (SSSR count). The number of nitrogens with zero attached hydrogens (tertiary/aromatic N) is 3. The molecule has 9 atom stereocenters. The minimum atomic E-state index is -1.46. The van der Waals surface area contributed by atoms with Crippen LogP contribution in [0.5, 0.6) is 0 Å². The SMILES string of the molecule is CC[C@@H](C)[C@@H](NC(=O)[C@@H](Cc1c[nH]c2ccccc12)NC(=O)[C@@H]1CCCN1C(=O)[C@@H](C)NC(=O)[C@@H](CO)NC(=O)[C@H]1CCCN1C(=O)[C@H](N)CCSC)C(=O)N[C@H](CCCN=C(N)N)C(=O)O. The molecule has 2 aromatic rings. The highest BCUT2D eigenvalue weighted by atomic mass is 32.2. The molecular formula is C44H68N12O10S. The number of amides is 7. The summed E-state index contributed by atoms with van der Waals surface area (Å²) >= 11 is 1.54. The minimum Gasteiger partial charge on any atom is -0.480 e. The maximum atomic E-state index is 14.3. The van der Waals surface area contributed by atoms with Gasteiger partial charge in [0, 0.05) is 43.2 Å². The molecular weight excluding hydrogens is 889 g/mol. The Morgan fingerprint density at radius 2 is 1.45 bits per heavy atom. The summed E-state index contributed by atoms with van der Waals surface area (Å²) in [6.45, 7) is 4.74. The van der Waals surface area contributed by atoms with Gasteiger partial charge in [0.2, 0.25) is 41.4 Å². The monoisotopic (exact) mass is 956 g/mol. The molecule has 1 aromatic carbocycles. The number of carbonyl (C=O) groups is 8. The summed E-state index contributed by atoms with van der Waals surface area (Å²) in [5, 5.41) is 33.9. The number of benzene rings is 1. The van der Waals surface area contributed by atoms with Crippen molar-refractivity contribution >= 4 is 75.9 Å². The predicted octanol–water partition coefficient (Wildman–Crippen LogP) is -1.61. The second-order valence-electron chi connectivity index (χ2n) is 17.1. The molecule has 0 bridgehead atoms. The van der Waals surface area contributed by atoms with Gasteiger partial charge in [0.1, 0.15) is 42.3 Å². The number of rotatable bonds is 25. The van der Waals surface area contributed by atoms with Crippen LogP contribution in [0.15, 0.2) is 35.5 Å². The van der Waals surface area contributed by atoms with E-state index < -0.39 is 102 Å². The van der Waals surface area contributed by atoms with Gasteiger partial charge in [-0.1, -0.05) is 38.5 Å². The number of guanidine groups is 1. The van der Waals surface area contributed by atoms with E-state index in [9.17, 15) is 48.6 Å². The fraction of sp³-hybridized carbons (Fsp3) is 0.614. The summed E-state index contributed by atoms with van der Waals surface area (Å²) in [4.78, 5) is 118. The van der Waals surface area contributed by atoms with Gasteiger partial charge in [-0.2, -0.15) is 11.8 Å². The number of aromatic amines is 1. The summed E-state index contributed by atoms with van der Waals surface area (Å²) in [6.07, 6.45) is 6.23. The molecule has 2 aliphatic rings. The Bertz CT molecular complexity index is 2100. The van der Waals surface area contributed by atoms with Crippen molar-refractivity contribution < 1.29 is 48.6 Å². The molecule has 1 aromatic heterocycles. The third-order valence-corrected chi connectivity index (χ3v) is 12.9. The van der Waals surface area contributed by atoms with Gasteiger partial charge in [0.05, 0.1) is 12.6 Å². The number of aliphatic hydroxyl groups excluding tert-OH is 1. The van der Waals surface area contributed by atoms with Crippen LogP contribution in [0, 0.1) is 5.92 Å². The van der Waals surface area contributed by atoms with Crippen LogP contribution in [-0.2, 0) is 44.8 Å². The van der Waals surface area contributed by atoms with Crippen LogP contribution in [0.3, 0.4) is 0 Å². The number of aromatic nitrogens is 1. The third-order valence-electron chi connectivity index (χ3n) is 12.3. The van der Waals surface area contributed by atoms with Gasteiger partial charge in [0.25, 0.3) is 0 Å². The third kappa shape index (κ3) is 14.8. The number of aliphatic carboxylic acids is 1. The van der Waals surface area contributed by atoms with Crippen LogP contribution < -0.4 is 43.8 Å². The van der Waals surface area contributed by atoms with E-state index in [1.54, 1.807) is 31.8 Å². The molecule has 23 heteroatoms. The van der Waals surface area contributed by atoms with Crippen LogP contribution in [0.25, 0.3) is 10.9 Å². The number of aliphatic imine (C=N–C) groups is 1. The van der Waals surface area contributed by atoms with E-state index in [0.717, 1.165) is 10.9 Å². The number of para-hydroxylation sites is 1. The summed E-state index contributed by atoms with van der Waals surface area (Å²) in [7, 11) is 0. The fourth-order valence-corrected chi connectivity index (χ4v) is 8.74. The number of likely N-dealkylation sites (tertiary alicyclic amines) is 2. The normalized spacial score (nSPS) is 19.0. The first-order chi connectivity index (χ1) is 31.9. The van der Waals surface area contributed by atoms with Gasteiger partial charge in [-0.05, 0) is 81.4 Å². The Hall–Kier alpha value is -5.94. The first-order valence-electron chi connectivity index (χ1n) is 22.7. The molecule has 0 unspecified atom stereocenters. The first-order valence-corrected chi connectivity index (χ1v) is 24.1. The van der Waals surface area contributed by atoms with E-state index in [4.69, 9.17) is 17.2 Å². The number of hydrogen-bond donors (Lipinski definition) is 11. The highest BCUT2D eigenvalue weighted by molar-refractivity contribution is 7.98. The Morgan fingerprint density at radius 3 is 2.04 bits per heavy atom. The van der Waals surface area contributed by atoms with Crippen molar-refractivity contribution in [3.63, 3.8) is 0 Å². The van der Waals surface area contributed by atoms with Gasteiger partial charge in [-0.3, -0.25) is 38.6 Å². The number of nitrogens with one attached hydrogen (secondary N) is 6. The lowest BCUT2D eigenvalue weighted by Gasteiger charge is -2.30. The van der Waals surface area contributed by atoms with E-state index >= 15 is 0 Å². The molecule has 0 aliphatic carbocycles. The fourth-order valence-electron chi connectivity index (χ4n) is 8.25. The molecule has 14 N–H and O–H groups in total. The van der Waals surface area contributed by atoms with Crippen LogP contribution in [-0.4, -0.2) is 165 Å². The first kappa shape index (κ1) is 53.7. The molecule has 0 saturated carbocycles. The number of fused-ring (bicyclic) bond motifs is 1. The van der Waals surface area contributed by atoms with Gasteiger partial charge in [-0.15, -0.1) is 0 Å². The van der Waals surface area contributed by atoms with Crippen molar-refractivity contribution in [2.45, 2.75) is 127 Å². The summed E-state index contributed by atoms with van der Waals surface area (Å²) < 4.78 is 0. The molecule has 2 saturated heterocycles. The number of thioether (sulfide) groups is 1. The molecule has 67 heavy (non-hydrogen) atoms. The lowest BCUT2D eigenvalue weighted by atomic mass is 9.96. The number of nitrogens with two attached hydrogens (primary N) is 3. The lowest BCUT2D eigenvalue weighted by molar-refractivity contribution is -0.143. The van der Waals surface area contributed by atoms with Crippen LogP contribution in [0.4, 0.5) is 0 Å². The second kappa shape index (κ2) is 25.8. The minimum absolute atomic E-state index is 0.00691.